The third-order valence-corrected chi connectivity index (χ3v) is 3.81. The van der Waals surface area contributed by atoms with Crippen molar-refractivity contribution < 1.29 is 0 Å². The predicted molar refractivity (Wildman–Crippen MR) is 88.1 cm³/mol. The fourth-order valence-electron chi connectivity index (χ4n) is 2.30. The van der Waals surface area contributed by atoms with Crippen LogP contribution >= 0.6 is 15.9 Å². The molecule has 1 atom stereocenters. The van der Waals surface area contributed by atoms with Crippen molar-refractivity contribution in [3.05, 3.63) is 29.0 Å². The number of nitrogens with zero attached hydrogens (tertiary/aromatic N) is 3. The SMILES string of the molecule is CCN(CC)CC(C)Nc1ccnc2cc(Br)cnc12. The zero-order valence-electron chi connectivity index (χ0n) is 12.2. The molecule has 0 saturated heterocycles. The van der Waals surface area contributed by atoms with E-state index in [1.54, 1.807) is 0 Å². The minimum absolute atomic E-state index is 0.367. The lowest BCUT2D eigenvalue weighted by Gasteiger charge is -2.24. The molecule has 0 aliphatic carbocycles. The van der Waals surface area contributed by atoms with E-state index in [4.69, 9.17) is 0 Å². The summed E-state index contributed by atoms with van der Waals surface area (Å²) in [6, 6.07) is 4.34. The van der Waals surface area contributed by atoms with Crippen LogP contribution in [0.3, 0.4) is 0 Å². The van der Waals surface area contributed by atoms with E-state index < -0.39 is 0 Å². The number of nitrogens with one attached hydrogen (secondary N) is 1. The maximum Gasteiger partial charge on any atom is 0.112 e. The van der Waals surface area contributed by atoms with Crippen molar-refractivity contribution in [1.82, 2.24) is 14.9 Å². The lowest BCUT2D eigenvalue weighted by atomic mass is 10.2. The molecular formula is C15H21BrN4. The van der Waals surface area contributed by atoms with E-state index in [1.165, 1.54) is 0 Å². The minimum Gasteiger partial charge on any atom is -0.379 e. The van der Waals surface area contributed by atoms with E-state index in [0.29, 0.717) is 6.04 Å². The first kappa shape index (κ1) is 15.2. The summed E-state index contributed by atoms with van der Waals surface area (Å²) >= 11 is 3.43. The number of anilines is 1. The van der Waals surface area contributed by atoms with Crippen LogP contribution in [0.4, 0.5) is 5.69 Å². The van der Waals surface area contributed by atoms with Crippen molar-refractivity contribution in [1.29, 1.82) is 0 Å². The van der Waals surface area contributed by atoms with Gasteiger partial charge in [0.1, 0.15) is 5.52 Å². The van der Waals surface area contributed by atoms with Crippen molar-refractivity contribution >= 4 is 32.7 Å². The molecule has 2 aromatic rings. The summed E-state index contributed by atoms with van der Waals surface area (Å²) in [7, 11) is 0. The van der Waals surface area contributed by atoms with Crippen molar-refractivity contribution in [3.8, 4) is 0 Å². The number of fused-ring (bicyclic) bond motifs is 1. The largest absolute Gasteiger partial charge is 0.379 e. The molecule has 20 heavy (non-hydrogen) atoms. The number of pyridine rings is 2. The molecule has 108 valence electrons. The molecule has 4 nitrogen and oxygen atoms in total. The molecule has 0 radical (unpaired) electrons. The highest BCUT2D eigenvalue weighted by Crippen LogP contribution is 2.22. The van der Waals surface area contributed by atoms with Gasteiger partial charge in [0.05, 0.1) is 11.2 Å². The van der Waals surface area contributed by atoms with Gasteiger partial charge in [-0.25, -0.2) is 0 Å². The fourth-order valence-corrected chi connectivity index (χ4v) is 2.62. The van der Waals surface area contributed by atoms with Gasteiger partial charge >= 0.3 is 0 Å². The molecule has 0 aliphatic rings. The third kappa shape index (κ3) is 3.67. The Bertz CT molecular complexity index is 569. The Labute approximate surface area is 128 Å². The molecular weight excluding hydrogens is 316 g/mol. The van der Waals surface area contributed by atoms with Gasteiger partial charge in [0.2, 0.25) is 0 Å². The third-order valence-electron chi connectivity index (χ3n) is 3.37. The highest BCUT2D eigenvalue weighted by Gasteiger charge is 2.10. The smallest absolute Gasteiger partial charge is 0.112 e. The average Bonchev–Trinajstić information content (AvgIpc) is 2.44. The van der Waals surface area contributed by atoms with Crippen LogP contribution in [0, 0.1) is 0 Å². The van der Waals surface area contributed by atoms with E-state index in [0.717, 1.165) is 40.8 Å². The monoisotopic (exact) mass is 336 g/mol. The Kier molecular flexibility index (Phi) is 5.31. The molecule has 2 aromatic heterocycles. The van der Waals surface area contributed by atoms with Gasteiger partial charge in [-0.3, -0.25) is 9.97 Å². The van der Waals surface area contributed by atoms with Crippen LogP contribution < -0.4 is 5.32 Å². The lowest BCUT2D eigenvalue weighted by molar-refractivity contribution is 0.295. The first-order valence-corrected chi connectivity index (χ1v) is 7.82. The van der Waals surface area contributed by atoms with Crippen molar-refractivity contribution in [2.75, 3.05) is 25.0 Å². The standard InChI is InChI=1S/C15H21BrN4/c1-4-20(5-2)10-11(3)19-13-6-7-17-14-8-12(16)9-18-15(13)14/h6-9,11H,4-5,10H2,1-3H3,(H,17,19). The van der Waals surface area contributed by atoms with Gasteiger partial charge in [0.25, 0.3) is 0 Å². The van der Waals surface area contributed by atoms with Crippen LogP contribution in [0.2, 0.25) is 0 Å². The highest BCUT2D eigenvalue weighted by molar-refractivity contribution is 9.10. The second-order valence-corrected chi connectivity index (χ2v) is 5.83. The molecule has 0 aliphatic heterocycles. The summed E-state index contributed by atoms with van der Waals surface area (Å²) in [6.45, 7) is 9.75. The number of hydrogen-bond acceptors (Lipinski definition) is 4. The maximum absolute atomic E-state index is 4.47. The zero-order chi connectivity index (χ0) is 14.5. The molecule has 0 amide bonds. The zero-order valence-corrected chi connectivity index (χ0v) is 13.8. The molecule has 1 unspecified atom stereocenters. The molecule has 2 heterocycles. The van der Waals surface area contributed by atoms with Gasteiger partial charge < -0.3 is 10.2 Å². The van der Waals surface area contributed by atoms with Gasteiger partial charge in [0.15, 0.2) is 0 Å². The number of rotatable bonds is 6. The summed E-state index contributed by atoms with van der Waals surface area (Å²) in [5, 5.41) is 3.54. The van der Waals surface area contributed by atoms with Gasteiger partial charge in [0, 0.05) is 29.5 Å². The molecule has 0 bridgehead atoms. The molecule has 0 aromatic carbocycles. The Morgan fingerprint density at radius 2 is 2.05 bits per heavy atom. The minimum atomic E-state index is 0.367. The summed E-state index contributed by atoms with van der Waals surface area (Å²) in [4.78, 5) is 11.2. The van der Waals surface area contributed by atoms with Gasteiger partial charge in [-0.1, -0.05) is 13.8 Å². The fraction of sp³-hybridized carbons (Fsp3) is 0.467. The molecule has 0 saturated carbocycles. The first-order chi connectivity index (χ1) is 9.63. The summed E-state index contributed by atoms with van der Waals surface area (Å²) in [5.41, 5.74) is 2.86. The van der Waals surface area contributed by atoms with Gasteiger partial charge in [-0.05, 0) is 48.1 Å². The Hall–Kier alpha value is -1.20. The van der Waals surface area contributed by atoms with Crippen LogP contribution in [0.15, 0.2) is 29.0 Å². The van der Waals surface area contributed by atoms with E-state index in [9.17, 15) is 0 Å². The number of halogens is 1. The second kappa shape index (κ2) is 6.99. The van der Waals surface area contributed by atoms with Gasteiger partial charge in [-0.2, -0.15) is 0 Å². The Morgan fingerprint density at radius 1 is 1.30 bits per heavy atom. The summed E-state index contributed by atoms with van der Waals surface area (Å²) in [6.07, 6.45) is 3.63. The highest BCUT2D eigenvalue weighted by atomic mass is 79.9. The second-order valence-electron chi connectivity index (χ2n) is 4.91. The van der Waals surface area contributed by atoms with Gasteiger partial charge in [-0.15, -0.1) is 0 Å². The van der Waals surface area contributed by atoms with Crippen LogP contribution in [0.5, 0.6) is 0 Å². The van der Waals surface area contributed by atoms with Crippen LogP contribution in [0.25, 0.3) is 11.0 Å². The number of aromatic nitrogens is 2. The molecule has 5 heteroatoms. The molecule has 0 spiro atoms. The molecule has 1 N–H and O–H groups in total. The first-order valence-electron chi connectivity index (χ1n) is 7.03. The summed E-state index contributed by atoms with van der Waals surface area (Å²) in [5.74, 6) is 0. The normalized spacial score (nSPS) is 12.8. The van der Waals surface area contributed by atoms with E-state index in [2.05, 4.69) is 56.9 Å². The lowest BCUT2D eigenvalue weighted by Crippen LogP contribution is -2.34. The maximum atomic E-state index is 4.47. The van der Waals surface area contributed by atoms with Crippen LogP contribution in [-0.2, 0) is 0 Å². The van der Waals surface area contributed by atoms with Crippen molar-refractivity contribution in [2.24, 2.45) is 0 Å². The topological polar surface area (TPSA) is 41.0 Å². The van der Waals surface area contributed by atoms with Crippen LogP contribution in [-0.4, -0.2) is 40.5 Å². The van der Waals surface area contributed by atoms with E-state index in [1.807, 2.05) is 24.5 Å². The number of hydrogen-bond donors (Lipinski definition) is 1. The quantitative estimate of drug-likeness (QED) is 0.875. The van der Waals surface area contributed by atoms with Crippen molar-refractivity contribution in [2.45, 2.75) is 26.8 Å². The average molecular weight is 337 g/mol. The van der Waals surface area contributed by atoms with Crippen LogP contribution in [0.1, 0.15) is 20.8 Å². The van der Waals surface area contributed by atoms with E-state index in [-0.39, 0.29) is 0 Å². The summed E-state index contributed by atoms with van der Waals surface area (Å²) < 4.78 is 0.950. The Balaban J connectivity index is 2.17. The van der Waals surface area contributed by atoms with E-state index >= 15 is 0 Å². The molecule has 2 rings (SSSR count). The predicted octanol–water partition coefficient (Wildman–Crippen LogP) is 3.53. The Morgan fingerprint density at radius 3 is 2.75 bits per heavy atom. The van der Waals surface area contributed by atoms with Crippen molar-refractivity contribution in [3.63, 3.8) is 0 Å². The molecule has 0 fully saturated rings. The number of likely N-dealkylation sites (N-methyl/N-ethyl adjacent to an activating group) is 1.